The quantitative estimate of drug-likeness (QED) is 0.599. The van der Waals surface area contributed by atoms with Crippen LogP contribution < -0.4 is 10.1 Å². The number of methoxy groups -OCH3 is 1. The highest BCUT2D eigenvalue weighted by molar-refractivity contribution is 5.34. The molecular weight excluding hydrogens is 327 g/mol. The third-order valence-electron chi connectivity index (χ3n) is 4.12. The van der Waals surface area contributed by atoms with Crippen LogP contribution in [0.4, 0.5) is 13.2 Å². The Balaban J connectivity index is 1.93. The molecule has 136 valence electrons. The van der Waals surface area contributed by atoms with Crippen molar-refractivity contribution in [2.45, 2.75) is 39.2 Å². The zero-order valence-corrected chi connectivity index (χ0v) is 15.1. The Hall–Kier alpha value is -2.01. The predicted molar refractivity (Wildman–Crippen MR) is 93.4 cm³/mol. The van der Waals surface area contributed by atoms with Crippen LogP contribution in [0.25, 0.3) is 0 Å². The van der Waals surface area contributed by atoms with Gasteiger partial charge in [0, 0.05) is 6.54 Å². The highest BCUT2D eigenvalue weighted by Gasteiger charge is 2.19. The summed E-state index contributed by atoms with van der Waals surface area (Å²) in [4.78, 5) is 0. The molecule has 2 aromatic carbocycles. The Morgan fingerprint density at radius 1 is 1.00 bits per heavy atom. The minimum atomic E-state index is -1.30. The van der Waals surface area contributed by atoms with E-state index >= 15 is 0 Å². The number of halogens is 3. The summed E-state index contributed by atoms with van der Waals surface area (Å²) in [6.45, 7) is 7.53. The lowest BCUT2D eigenvalue weighted by atomic mass is 9.87. The van der Waals surface area contributed by atoms with Gasteiger partial charge >= 0.3 is 0 Å². The second kappa shape index (κ2) is 7.91. The zero-order valence-electron chi connectivity index (χ0n) is 15.1. The van der Waals surface area contributed by atoms with Gasteiger partial charge in [0.1, 0.15) is 0 Å². The molecule has 0 amide bonds. The monoisotopic (exact) mass is 351 g/mol. The van der Waals surface area contributed by atoms with E-state index in [1.807, 2.05) is 0 Å². The molecule has 2 nitrogen and oxygen atoms in total. The molecule has 0 aliphatic rings. The fourth-order valence-corrected chi connectivity index (χ4v) is 2.57. The number of nitrogens with one attached hydrogen (secondary N) is 1. The smallest absolute Gasteiger partial charge is 0.203 e. The second-order valence-corrected chi connectivity index (χ2v) is 7.05. The van der Waals surface area contributed by atoms with Gasteiger partial charge < -0.3 is 10.1 Å². The van der Waals surface area contributed by atoms with E-state index in [1.165, 1.54) is 5.56 Å². The Morgan fingerprint density at radius 2 is 1.64 bits per heavy atom. The summed E-state index contributed by atoms with van der Waals surface area (Å²) in [5, 5.41) is 3.18. The molecule has 0 atom stereocenters. The van der Waals surface area contributed by atoms with Crippen molar-refractivity contribution in [2.24, 2.45) is 0 Å². The van der Waals surface area contributed by atoms with Crippen LogP contribution in [0.3, 0.4) is 0 Å². The molecule has 0 saturated heterocycles. The van der Waals surface area contributed by atoms with E-state index in [-0.39, 0.29) is 17.4 Å². The van der Waals surface area contributed by atoms with E-state index in [2.05, 4.69) is 55.1 Å². The molecule has 0 saturated carbocycles. The van der Waals surface area contributed by atoms with Crippen LogP contribution in [-0.4, -0.2) is 13.7 Å². The van der Waals surface area contributed by atoms with E-state index < -0.39 is 23.2 Å². The van der Waals surface area contributed by atoms with E-state index in [0.29, 0.717) is 13.1 Å². The minimum Gasteiger partial charge on any atom is -0.491 e. The molecule has 1 N–H and O–H groups in total. The van der Waals surface area contributed by atoms with Gasteiger partial charge in [0.2, 0.25) is 5.82 Å². The molecule has 0 unspecified atom stereocenters. The molecule has 5 heteroatoms. The average Bonchev–Trinajstić information content (AvgIpc) is 2.56. The molecule has 2 aromatic rings. The van der Waals surface area contributed by atoms with Gasteiger partial charge in [-0.05, 0) is 41.1 Å². The maximum absolute atomic E-state index is 14.1. The van der Waals surface area contributed by atoms with E-state index in [1.54, 1.807) is 0 Å². The zero-order chi connectivity index (χ0) is 18.6. The van der Waals surface area contributed by atoms with E-state index in [4.69, 9.17) is 0 Å². The summed E-state index contributed by atoms with van der Waals surface area (Å²) < 4.78 is 45.5. The average molecular weight is 351 g/mol. The van der Waals surface area contributed by atoms with Crippen LogP contribution in [0.2, 0.25) is 0 Å². The normalized spacial score (nSPS) is 11.6. The SMILES string of the molecule is COc1c(F)c(F)cc(CCNCc2ccc(C(C)(C)C)cc2)c1F. The van der Waals surface area contributed by atoms with E-state index in [0.717, 1.165) is 18.7 Å². The van der Waals surface area contributed by atoms with Gasteiger partial charge in [0.25, 0.3) is 0 Å². The number of rotatable bonds is 6. The molecule has 0 bridgehead atoms. The van der Waals surface area contributed by atoms with Gasteiger partial charge in [-0.15, -0.1) is 0 Å². The highest BCUT2D eigenvalue weighted by Crippen LogP contribution is 2.27. The van der Waals surface area contributed by atoms with Gasteiger partial charge in [0.15, 0.2) is 17.4 Å². The van der Waals surface area contributed by atoms with Crippen molar-refractivity contribution >= 4 is 0 Å². The predicted octanol–water partition coefficient (Wildman–Crippen LogP) is 4.74. The van der Waals surface area contributed by atoms with Gasteiger partial charge in [-0.25, -0.2) is 8.78 Å². The first-order valence-electron chi connectivity index (χ1n) is 8.24. The van der Waals surface area contributed by atoms with Crippen LogP contribution in [0.5, 0.6) is 5.75 Å². The van der Waals surface area contributed by atoms with Crippen molar-refractivity contribution < 1.29 is 17.9 Å². The molecular formula is C20H24F3NO. The molecule has 0 heterocycles. The van der Waals surface area contributed by atoms with Crippen molar-refractivity contribution in [2.75, 3.05) is 13.7 Å². The van der Waals surface area contributed by atoms with Crippen LogP contribution in [0, 0.1) is 17.5 Å². The van der Waals surface area contributed by atoms with Crippen LogP contribution in [0.1, 0.15) is 37.5 Å². The van der Waals surface area contributed by atoms with Crippen molar-refractivity contribution in [3.8, 4) is 5.75 Å². The standard InChI is InChI=1S/C20H24F3NO/c1-20(2,3)15-7-5-13(6-8-15)12-24-10-9-14-11-16(21)18(23)19(25-4)17(14)22/h5-8,11,24H,9-10,12H2,1-4H3. The lowest BCUT2D eigenvalue weighted by Crippen LogP contribution is -2.18. The lowest BCUT2D eigenvalue weighted by molar-refractivity contribution is 0.344. The summed E-state index contributed by atoms with van der Waals surface area (Å²) >= 11 is 0. The molecule has 0 radical (unpaired) electrons. The van der Waals surface area contributed by atoms with Gasteiger partial charge in [-0.2, -0.15) is 4.39 Å². The highest BCUT2D eigenvalue weighted by atomic mass is 19.2. The Labute approximate surface area is 147 Å². The Bertz CT molecular complexity index is 721. The first-order chi connectivity index (χ1) is 11.7. The molecule has 0 fully saturated rings. The molecule has 0 aliphatic carbocycles. The number of benzene rings is 2. The van der Waals surface area contributed by atoms with Gasteiger partial charge in [-0.3, -0.25) is 0 Å². The maximum atomic E-state index is 14.1. The van der Waals surface area contributed by atoms with Crippen molar-refractivity contribution in [3.05, 3.63) is 64.5 Å². The van der Waals surface area contributed by atoms with Crippen LogP contribution in [-0.2, 0) is 18.4 Å². The number of hydrogen-bond donors (Lipinski definition) is 1. The lowest BCUT2D eigenvalue weighted by Gasteiger charge is -2.19. The molecule has 0 spiro atoms. The number of hydrogen-bond acceptors (Lipinski definition) is 2. The van der Waals surface area contributed by atoms with Crippen LogP contribution in [0.15, 0.2) is 30.3 Å². The molecule has 0 aromatic heterocycles. The third kappa shape index (κ3) is 4.75. The summed E-state index contributed by atoms with van der Waals surface area (Å²) in [6, 6.07) is 9.17. The first-order valence-corrected chi connectivity index (χ1v) is 8.24. The third-order valence-corrected chi connectivity index (χ3v) is 4.12. The minimum absolute atomic E-state index is 0.0892. The number of ether oxygens (including phenoxy) is 1. The first kappa shape index (κ1) is 19.3. The second-order valence-electron chi connectivity index (χ2n) is 7.05. The van der Waals surface area contributed by atoms with Crippen molar-refractivity contribution in [1.82, 2.24) is 5.32 Å². The Morgan fingerprint density at radius 3 is 2.20 bits per heavy atom. The fourth-order valence-electron chi connectivity index (χ4n) is 2.57. The van der Waals surface area contributed by atoms with Crippen LogP contribution >= 0.6 is 0 Å². The summed E-state index contributed by atoms with van der Waals surface area (Å²) in [5.41, 5.74) is 2.56. The van der Waals surface area contributed by atoms with E-state index in [9.17, 15) is 13.2 Å². The Kier molecular flexibility index (Phi) is 6.11. The fraction of sp³-hybridized carbons (Fsp3) is 0.400. The largest absolute Gasteiger partial charge is 0.491 e. The van der Waals surface area contributed by atoms with Crippen molar-refractivity contribution in [1.29, 1.82) is 0 Å². The van der Waals surface area contributed by atoms with Gasteiger partial charge in [0.05, 0.1) is 7.11 Å². The van der Waals surface area contributed by atoms with Gasteiger partial charge in [-0.1, -0.05) is 45.0 Å². The van der Waals surface area contributed by atoms with Crippen molar-refractivity contribution in [3.63, 3.8) is 0 Å². The topological polar surface area (TPSA) is 21.3 Å². The maximum Gasteiger partial charge on any atom is 0.203 e. The molecule has 0 aliphatic heterocycles. The summed E-state index contributed by atoms with van der Waals surface area (Å²) in [5.74, 6) is -3.92. The summed E-state index contributed by atoms with van der Waals surface area (Å²) in [6.07, 6.45) is 0.236. The molecule has 25 heavy (non-hydrogen) atoms. The molecule has 2 rings (SSSR count). The summed E-state index contributed by atoms with van der Waals surface area (Å²) in [7, 11) is 1.12.